The lowest BCUT2D eigenvalue weighted by molar-refractivity contribution is 0.441. The van der Waals surface area contributed by atoms with Gasteiger partial charge >= 0.3 is 0 Å². The van der Waals surface area contributed by atoms with Crippen molar-refractivity contribution >= 4 is 26.6 Å². The Hall–Kier alpha value is -2.44. The lowest BCUT2D eigenvalue weighted by atomic mass is 10.0. The third kappa shape index (κ3) is 2.85. The number of fused-ring (bicyclic) bond motifs is 1. The second-order valence-electron chi connectivity index (χ2n) is 6.68. The Labute approximate surface area is 153 Å². The molecule has 2 aromatic heterocycles. The number of aryl methyl sites for hydroxylation is 2. The molecule has 4 rings (SSSR count). The van der Waals surface area contributed by atoms with Crippen LogP contribution in [0, 0.1) is 6.92 Å². The van der Waals surface area contributed by atoms with Crippen LogP contribution in [0.1, 0.15) is 17.5 Å². The van der Waals surface area contributed by atoms with Crippen molar-refractivity contribution in [2.75, 3.05) is 13.1 Å². The fraction of sp³-hybridized carbons (Fsp3) is 0.250. The van der Waals surface area contributed by atoms with Crippen molar-refractivity contribution in [1.29, 1.82) is 0 Å². The van der Waals surface area contributed by atoms with Gasteiger partial charge in [-0.25, -0.2) is 13.4 Å². The van der Waals surface area contributed by atoms with E-state index in [1.165, 1.54) is 5.57 Å². The second-order valence-corrected chi connectivity index (χ2v) is 8.62. The van der Waals surface area contributed by atoms with Gasteiger partial charge in [0.05, 0.1) is 4.90 Å². The van der Waals surface area contributed by atoms with Gasteiger partial charge in [-0.3, -0.25) is 0 Å². The first kappa shape index (κ1) is 17.0. The minimum absolute atomic E-state index is 0.356. The number of sulfonamides is 1. The lowest BCUT2D eigenvalue weighted by Gasteiger charge is -2.26. The molecule has 3 aromatic rings. The van der Waals surface area contributed by atoms with Gasteiger partial charge in [0, 0.05) is 43.5 Å². The third-order valence-electron chi connectivity index (χ3n) is 4.91. The molecule has 0 fully saturated rings. The van der Waals surface area contributed by atoms with Crippen LogP contribution in [0.3, 0.4) is 0 Å². The largest absolute Gasteiger partial charge is 0.335 e. The number of aromatic nitrogens is 2. The van der Waals surface area contributed by atoms with Gasteiger partial charge < -0.3 is 4.57 Å². The van der Waals surface area contributed by atoms with Gasteiger partial charge in [0.2, 0.25) is 10.0 Å². The van der Waals surface area contributed by atoms with Gasteiger partial charge in [-0.2, -0.15) is 4.31 Å². The zero-order chi connectivity index (χ0) is 18.3. The minimum atomic E-state index is -3.45. The van der Waals surface area contributed by atoms with Crippen LogP contribution in [0.25, 0.3) is 16.6 Å². The van der Waals surface area contributed by atoms with E-state index in [0.29, 0.717) is 24.4 Å². The average Bonchev–Trinajstić information content (AvgIpc) is 2.99. The van der Waals surface area contributed by atoms with E-state index in [0.717, 1.165) is 22.2 Å². The molecule has 3 heterocycles. The van der Waals surface area contributed by atoms with E-state index in [4.69, 9.17) is 0 Å². The van der Waals surface area contributed by atoms with Crippen LogP contribution >= 0.6 is 0 Å². The summed E-state index contributed by atoms with van der Waals surface area (Å²) >= 11 is 0. The standard InChI is InChI=1S/C20H21N3O2S/c1-15-5-7-17(8-6-15)26(24,25)23-12-9-16(10-13-23)19-14-22(2)20-18(19)4-3-11-21-20/h3-9,11,14H,10,12-13H2,1-2H3. The molecule has 0 radical (unpaired) electrons. The summed E-state index contributed by atoms with van der Waals surface area (Å²) in [5.74, 6) is 0. The SMILES string of the molecule is Cc1ccc(S(=O)(=O)N2CC=C(c3cn(C)c4ncccc34)CC2)cc1. The van der Waals surface area contributed by atoms with Crippen LogP contribution in [0.5, 0.6) is 0 Å². The molecule has 0 spiro atoms. The number of nitrogens with zero attached hydrogens (tertiary/aromatic N) is 3. The zero-order valence-corrected chi connectivity index (χ0v) is 15.7. The summed E-state index contributed by atoms with van der Waals surface area (Å²) in [5, 5.41) is 1.11. The summed E-state index contributed by atoms with van der Waals surface area (Å²) < 4.78 is 29.2. The molecule has 0 saturated carbocycles. The molecule has 0 saturated heterocycles. The predicted octanol–water partition coefficient (Wildman–Crippen LogP) is 3.36. The Balaban J connectivity index is 1.63. The van der Waals surface area contributed by atoms with Gasteiger partial charge in [0.15, 0.2) is 0 Å². The van der Waals surface area contributed by atoms with Gasteiger partial charge in [0.1, 0.15) is 5.65 Å². The molecular formula is C20H21N3O2S. The highest BCUT2D eigenvalue weighted by molar-refractivity contribution is 7.89. The van der Waals surface area contributed by atoms with Crippen LogP contribution < -0.4 is 0 Å². The van der Waals surface area contributed by atoms with Crippen LogP contribution in [0.2, 0.25) is 0 Å². The van der Waals surface area contributed by atoms with E-state index in [-0.39, 0.29) is 0 Å². The molecule has 26 heavy (non-hydrogen) atoms. The summed E-state index contributed by atoms with van der Waals surface area (Å²) in [6.07, 6.45) is 6.58. The van der Waals surface area contributed by atoms with Gasteiger partial charge in [-0.05, 0) is 43.2 Å². The summed E-state index contributed by atoms with van der Waals surface area (Å²) in [4.78, 5) is 4.78. The third-order valence-corrected chi connectivity index (χ3v) is 6.79. The number of hydrogen-bond acceptors (Lipinski definition) is 3. The molecule has 0 unspecified atom stereocenters. The summed E-state index contributed by atoms with van der Waals surface area (Å²) in [7, 11) is -1.47. The monoisotopic (exact) mass is 367 g/mol. The zero-order valence-electron chi connectivity index (χ0n) is 14.9. The Morgan fingerprint density at radius 3 is 2.58 bits per heavy atom. The Morgan fingerprint density at radius 2 is 1.88 bits per heavy atom. The molecule has 134 valence electrons. The van der Waals surface area contributed by atoms with Crippen LogP contribution in [-0.2, 0) is 17.1 Å². The molecule has 1 aliphatic rings. The van der Waals surface area contributed by atoms with Crippen LogP contribution in [-0.4, -0.2) is 35.4 Å². The highest BCUT2D eigenvalue weighted by Gasteiger charge is 2.27. The van der Waals surface area contributed by atoms with Crippen LogP contribution in [0.15, 0.2) is 59.8 Å². The normalized spacial score (nSPS) is 16.0. The maximum atomic E-state index is 12.8. The fourth-order valence-corrected chi connectivity index (χ4v) is 4.82. The molecule has 0 amide bonds. The number of hydrogen-bond donors (Lipinski definition) is 0. The fourth-order valence-electron chi connectivity index (χ4n) is 3.44. The molecule has 0 N–H and O–H groups in total. The molecule has 6 heteroatoms. The molecule has 5 nitrogen and oxygen atoms in total. The second kappa shape index (κ2) is 6.37. The van der Waals surface area contributed by atoms with E-state index in [1.807, 2.05) is 42.8 Å². The van der Waals surface area contributed by atoms with E-state index in [2.05, 4.69) is 17.2 Å². The Bertz CT molecular complexity index is 1100. The first-order valence-electron chi connectivity index (χ1n) is 8.63. The molecule has 0 bridgehead atoms. The van der Waals surface area contributed by atoms with Gasteiger partial charge in [0.25, 0.3) is 0 Å². The number of pyridine rings is 1. The Kier molecular flexibility index (Phi) is 4.17. The van der Waals surface area contributed by atoms with E-state index in [9.17, 15) is 8.42 Å². The molecule has 1 aromatic carbocycles. The predicted molar refractivity (Wildman–Crippen MR) is 103 cm³/mol. The topological polar surface area (TPSA) is 55.2 Å². The lowest BCUT2D eigenvalue weighted by Crippen LogP contribution is -2.34. The van der Waals surface area contributed by atoms with Crippen LogP contribution in [0.4, 0.5) is 0 Å². The molecule has 1 aliphatic heterocycles. The number of benzene rings is 1. The molecule has 0 aliphatic carbocycles. The van der Waals surface area contributed by atoms with Crippen molar-refractivity contribution in [3.63, 3.8) is 0 Å². The summed E-state index contributed by atoms with van der Waals surface area (Å²) in [6, 6.07) is 11.0. The van der Waals surface area contributed by atoms with Gasteiger partial charge in [-0.15, -0.1) is 0 Å². The minimum Gasteiger partial charge on any atom is -0.335 e. The van der Waals surface area contributed by atoms with Crippen molar-refractivity contribution in [2.24, 2.45) is 7.05 Å². The highest BCUT2D eigenvalue weighted by atomic mass is 32.2. The van der Waals surface area contributed by atoms with Crippen molar-refractivity contribution in [1.82, 2.24) is 13.9 Å². The smallest absolute Gasteiger partial charge is 0.243 e. The van der Waals surface area contributed by atoms with Gasteiger partial charge in [-0.1, -0.05) is 23.8 Å². The quantitative estimate of drug-likeness (QED) is 0.713. The first-order valence-corrected chi connectivity index (χ1v) is 10.1. The summed E-state index contributed by atoms with van der Waals surface area (Å²) in [5.41, 5.74) is 4.31. The van der Waals surface area contributed by atoms with Crippen molar-refractivity contribution in [3.8, 4) is 0 Å². The molecule has 0 atom stereocenters. The first-order chi connectivity index (χ1) is 12.5. The molecular weight excluding hydrogens is 346 g/mol. The summed E-state index contributed by atoms with van der Waals surface area (Å²) in [6.45, 7) is 2.83. The van der Waals surface area contributed by atoms with E-state index >= 15 is 0 Å². The average molecular weight is 367 g/mol. The number of rotatable bonds is 3. The van der Waals surface area contributed by atoms with Crippen molar-refractivity contribution in [3.05, 3.63) is 66.0 Å². The van der Waals surface area contributed by atoms with Crippen molar-refractivity contribution in [2.45, 2.75) is 18.2 Å². The van der Waals surface area contributed by atoms with E-state index < -0.39 is 10.0 Å². The van der Waals surface area contributed by atoms with Crippen molar-refractivity contribution < 1.29 is 8.42 Å². The maximum Gasteiger partial charge on any atom is 0.243 e. The Morgan fingerprint density at radius 1 is 1.12 bits per heavy atom. The van der Waals surface area contributed by atoms with E-state index in [1.54, 1.807) is 22.6 Å². The maximum absolute atomic E-state index is 12.8. The highest BCUT2D eigenvalue weighted by Crippen LogP contribution is 2.31.